The molecule has 5 unspecified atom stereocenters. The molecule has 0 radical (unpaired) electrons. The molecule has 0 rings (SSSR count). The lowest BCUT2D eigenvalue weighted by molar-refractivity contribution is -0.161. The number of aliphatic hydroxyl groups excluding tert-OH is 1. The van der Waals surface area contributed by atoms with Gasteiger partial charge in [0.2, 0.25) is 0 Å². The molecule has 0 aliphatic heterocycles. The van der Waals surface area contributed by atoms with Crippen molar-refractivity contribution in [3.63, 3.8) is 0 Å². The Morgan fingerprint density at radius 2 is 0.533 bits per heavy atom. The van der Waals surface area contributed by atoms with E-state index in [9.17, 15) is 43.2 Å². The van der Waals surface area contributed by atoms with Crippen LogP contribution in [-0.2, 0) is 65.4 Å². The molecule has 0 aliphatic carbocycles. The summed E-state index contributed by atoms with van der Waals surface area (Å²) in [6.07, 6.45) is 43.1. The van der Waals surface area contributed by atoms with E-state index in [-0.39, 0.29) is 25.7 Å². The molecule has 17 nitrogen and oxygen atoms in total. The summed E-state index contributed by atoms with van der Waals surface area (Å²) in [6.45, 7) is 14.1. The van der Waals surface area contributed by atoms with Crippen LogP contribution in [-0.4, -0.2) is 96.7 Å². The molecule has 90 heavy (non-hydrogen) atoms. The lowest BCUT2D eigenvalue weighted by atomic mass is 9.99. The standard InChI is InChI=1S/C71H138O17P2/c1-9-62(6)48-40-32-24-18-16-14-12-13-15-17-19-26-37-45-53-70(75)87-67(58-82-69(74)52-44-36-30-29-34-42-50-64(8)11-3)60-86-90(79,80)84-56-65(72)55-83-89(77,78)85-59-66(57-81-68(73)51-43-35-28-22-23-31-39-47-61(4)5)88-71(76)54-46-38-27-21-20-25-33-41-49-63(7)10-2/h61-67,72H,9-60H2,1-8H3,(H,77,78)(H,79,80)/t62?,63?,64?,65-,66-,67-/m1/s1. The predicted octanol–water partition coefficient (Wildman–Crippen LogP) is 20.1. The number of carbonyl (C=O) groups is 4. The van der Waals surface area contributed by atoms with E-state index >= 15 is 0 Å². The van der Waals surface area contributed by atoms with E-state index in [1.54, 1.807) is 0 Å². The van der Waals surface area contributed by atoms with Crippen molar-refractivity contribution in [1.82, 2.24) is 0 Å². The highest BCUT2D eigenvalue weighted by Gasteiger charge is 2.30. The van der Waals surface area contributed by atoms with Crippen molar-refractivity contribution in [2.24, 2.45) is 23.7 Å². The lowest BCUT2D eigenvalue weighted by Crippen LogP contribution is -2.30. The predicted molar refractivity (Wildman–Crippen MR) is 363 cm³/mol. The third kappa shape index (κ3) is 61.0. The highest BCUT2D eigenvalue weighted by molar-refractivity contribution is 7.47. The second-order valence-corrected chi connectivity index (χ2v) is 29.7. The fourth-order valence-electron chi connectivity index (χ4n) is 10.6. The number of esters is 4. The van der Waals surface area contributed by atoms with Gasteiger partial charge in [0.05, 0.1) is 26.4 Å². The van der Waals surface area contributed by atoms with Gasteiger partial charge in [-0.3, -0.25) is 37.3 Å². The van der Waals surface area contributed by atoms with Gasteiger partial charge < -0.3 is 33.8 Å². The van der Waals surface area contributed by atoms with Gasteiger partial charge in [-0.05, 0) is 49.4 Å². The zero-order valence-corrected chi connectivity index (χ0v) is 60.6. The maximum absolute atomic E-state index is 13.0. The molecule has 0 aromatic heterocycles. The fraction of sp³-hybridized carbons (Fsp3) is 0.944. The topological polar surface area (TPSA) is 237 Å². The van der Waals surface area contributed by atoms with Gasteiger partial charge >= 0.3 is 39.5 Å². The van der Waals surface area contributed by atoms with Crippen LogP contribution in [0, 0.1) is 23.7 Å². The normalized spacial score (nSPS) is 15.2. The molecule has 534 valence electrons. The first-order valence-electron chi connectivity index (χ1n) is 36.8. The van der Waals surface area contributed by atoms with Crippen molar-refractivity contribution in [3.05, 3.63) is 0 Å². The number of ether oxygens (including phenoxy) is 4. The van der Waals surface area contributed by atoms with Crippen LogP contribution in [0.2, 0.25) is 0 Å². The van der Waals surface area contributed by atoms with E-state index in [0.29, 0.717) is 31.6 Å². The summed E-state index contributed by atoms with van der Waals surface area (Å²) in [5.74, 6) is 0.920. The molecular weight excluding hydrogens is 1190 g/mol. The summed E-state index contributed by atoms with van der Waals surface area (Å²) in [6, 6.07) is 0. The monoisotopic (exact) mass is 1320 g/mol. The van der Waals surface area contributed by atoms with Gasteiger partial charge in [0, 0.05) is 25.7 Å². The molecule has 0 spiro atoms. The van der Waals surface area contributed by atoms with Crippen molar-refractivity contribution in [2.75, 3.05) is 39.6 Å². The van der Waals surface area contributed by atoms with Gasteiger partial charge in [-0.15, -0.1) is 0 Å². The van der Waals surface area contributed by atoms with Crippen LogP contribution in [0.3, 0.4) is 0 Å². The molecule has 0 aromatic carbocycles. The first-order valence-corrected chi connectivity index (χ1v) is 39.8. The number of unbranched alkanes of at least 4 members (excludes halogenated alkanes) is 31. The molecule has 8 atom stereocenters. The van der Waals surface area contributed by atoms with Crippen LogP contribution in [0.4, 0.5) is 0 Å². The summed E-state index contributed by atoms with van der Waals surface area (Å²) in [5.41, 5.74) is 0. The number of carbonyl (C=O) groups excluding carboxylic acids is 4. The summed E-state index contributed by atoms with van der Waals surface area (Å²) in [7, 11) is -9.90. The third-order valence-corrected chi connectivity index (χ3v) is 19.3. The number of phosphoric acid groups is 2. The fourth-order valence-corrected chi connectivity index (χ4v) is 12.1. The van der Waals surface area contributed by atoms with E-state index in [1.165, 1.54) is 141 Å². The van der Waals surface area contributed by atoms with Gasteiger partial charge in [-0.1, -0.05) is 299 Å². The van der Waals surface area contributed by atoms with Gasteiger partial charge in [0.25, 0.3) is 0 Å². The molecule has 0 fully saturated rings. The Kier molecular flexibility index (Phi) is 59.4. The van der Waals surface area contributed by atoms with Crippen molar-refractivity contribution in [3.8, 4) is 0 Å². The molecule has 0 aromatic rings. The van der Waals surface area contributed by atoms with Crippen LogP contribution < -0.4 is 0 Å². The van der Waals surface area contributed by atoms with Gasteiger partial charge in [0.15, 0.2) is 12.2 Å². The van der Waals surface area contributed by atoms with Crippen LogP contribution in [0.5, 0.6) is 0 Å². The van der Waals surface area contributed by atoms with Crippen LogP contribution >= 0.6 is 15.6 Å². The summed E-state index contributed by atoms with van der Waals surface area (Å²) >= 11 is 0. The summed E-state index contributed by atoms with van der Waals surface area (Å²) in [5, 5.41) is 10.6. The minimum Gasteiger partial charge on any atom is -0.462 e. The van der Waals surface area contributed by atoms with Gasteiger partial charge in [-0.2, -0.15) is 0 Å². The molecule has 19 heteroatoms. The number of hydrogen-bond acceptors (Lipinski definition) is 15. The largest absolute Gasteiger partial charge is 0.472 e. The minimum absolute atomic E-state index is 0.104. The minimum atomic E-state index is -4.95. The van der Waals surface area contributed by atoms with Crippen LogP contribution in [0.15, 0.2) is 0 Å². The van der Waals surface area contributed by atoms with Crippen molar-refractivity contribution >= 4 is 39.5 Å². The SMILES string of the molecule is CCC(C)CCCCCCCCCCCCCCCCC(=O)O[C@H](COC(=O)CCCCCCCCC(C)CC)COP(=O)(O)OC[C@H](O)COP(=O)(O)OC[C@@H](COC(=O)CCCCCCCCCC(C)C)OC(=O)CCCCCCCCCCC(C)CC. The summed E-state index contributed by atoms with van der Waals surface area (Å²) < 4.78 is 68.3. The van der Waals surface area contributed by atoms with E-state index in [1.807, 2.05) is 0 Å². The number of hydrogen-bond donors (Lipinski definition) is 3. The van der Waals surface area contributed by atoms with E-state index in [2.05, 4.69) is 55.4 Å². The Hall–Kier alpha value is -1.94. The van der Waals surface area contributed by atoms with Crippen LogP contribution in [0.25, 0.3) is 0 Å². The molecule has 0 saturated heterocycles. The molecule has 0 heterocycles. The Morgan fingerprint density at radius 1 is 0.311 bits per heavy atom. The Bertz CT molecular complexity index is 1790. The molecular formula is C71H138O17P2. The molecule has 3 N–H and O–H groups in total. The Labute approximate surface area is 549 Å². The molecule has 0 bridgehead atoms. The average molecular weight is 1330 g/mol. The van der Waals surface area contributed by atoms with E-state index < -0.39 is 97.5 Å². The van der Waals surface area contributed by atoms with Crippen LogP contribution in [0.1, 0.15) is 351 Å². The van der Waals surface area contributed by atoms with E-state index in [0.717, 1.165) is 120 Å². The first-order chi connectivity index (χ1) is 43.2. The van der Waals surface area contributed by atoms with Crippen molar-refractivity contribution < 1.29 is 80.2 Å². The maximum Gasteiger partial charge on any atom is 0.472 e. The van der Waals surface area contributed by atoms with Crippen molar-refractivity contribution in [1.29, 1.82) is 0 Å². The van der Waals surface area contributed by atoms with Gasteiger partial charge in [-0.25, -0.2) is 9.13 Å². The van der Waals surface area contributed by atoms with Crippen molar-refractivity contribution in [2.45, 2.75) is 369 Å². The highest BCUT2D eigenvalue weighted by Crippen LogP contribution is 2.45. The second-order valence-electron chi connectivity index (χ2n) is 26.8. The highest BCUT2D eigenvalue weighted by atomic mass is 31.2. The lowest BCUT2D eigenvalue weighted by Gasteiger charge is -2.21. The smallest absolute Gasteiger partial charge is 0.462 e. The molecule has 0 aliphatic rings. The third-order valence-electron chi connectivity index (χ3n) is 17.4. The summed E-state index contributed by atoms with van der Waals surface area (Å²) in [4.78, 5) is 72.5. The first kappa shape index (κ1) is 88.1. The average Bonchev–Trinajstić information content (AvgIpc) is 2.20. The zero-order valence-electron chi connectivity index (χ0n) is 58.8. The zero-order chi connectivity index (χ0) is 66.8. The van der Waals surface area contributed by atoms with E-state index in [4.69, 9.17) is 37.0 Å². The van der Waals surface area contributed by atoms with Gasteiger partial charge in [0.1, 0.15) is 19.3 Å². The quantitative estimate of drug-likeness (QED) is 0.0222. The number of rotatable bonds is 68. The Morgan fingerprint density at radius 3 is 0.789 bits per heavy atom. The number of aliphatic hydroxyl groups is 1. The maximum atomic E-state index is 13.0. The second kappa shape index (κ2) is 60.7. The molecule has 0 saturated carbocycles. The number of phosphoric ester groups is 2. The Balaban J connectivity index is 5.23. The molecule has 0 amide bonds.